The van der Waals surface area contributed by atoms with E-state index in [-0.39, 0.29) is 33.9 Å². The summed E-state index contributed by atoms with van der Waals surface area (Å²) in [5, 5.41) is 0.208. The molecular weight excluding hydrogens is 344 g/mol. The molecule has 3 rings (SSSR count). The van der Waals surface area contributed by atoms with Gasteiger partial charge in [-0.05, 0) is 5.75 Å². The molecule has 2 aliphatic rings. The van der Waals surface area contributed by atoms with Gasteiger partial charge in [0.15, 0.2) is 11.4 Å². The fourth-order valence-electron chi connectivity index (χ4n) is 3.21. The lowest BCUT2D eigenvalue weighted by Crippen LogP contribution is -2.57. The van der Waals surface area contributed by atoms with Gasteiger partial charge in [0.25, 0.3) is 0 Å². The first-order valence-electron chi connectivity index (χ1n) is 8.36. The smallest absolute Gasteiger partial charge is 0.186 e. The first kappa shape index (κ1) is 18.3. The molecule has 0 N–H and O–H groups in total. The summed E-state index contributed by atoms with van der Waals surface area (Å²) < 4.78 is 18.4. The Hall–Kier alpha value is -0.530. The van der Waals surface area contributed by atoms with E-state index in [1.54, 1.807) is 18.7 Å². The highest BCUT2D eigenvalue weighted by Crippen LogP contribution is 2.43. The Morgan fingerprint density at radius 3 is 2.67 bits per heavy atom. The van der Waals surface area contributed by atoms with Gasteiger partial charge >= 0.3 is 0 Å². The van der Waals surface area contributed by atoms with Gasteiger partial charge < -0.3 is 14.2 Å². The van der Waals surface area contributed by atoms with Crippen molar-refractivity contribution < 1.29 is 19.0 Å². The minimum atomic E-state index is -0.395. The van der Waals surface area contributed by atoms with Gasteiger partial charge in [0.05, 0.1) is 6.61 Å². The Labute approximate surface area is 152 Å². The predicted octanol–water partition coefficient (Wildman–Crippen LogP) is 3.86. The number of fused-ring (bicyclic) bond motifs is 1. The lowest BCUT2D eigenvalue weighted by molar-refractivity contribution is -0.284. The van der Waals surface area contributed by atoms with Gasteiger partial charge in [-0.15, -0.1) is 11.8 Å². The molecule has 2 heterocycles. The molecule has 0 spiro atoms. The molecule has 24 heavy (non-hydrogen) atoms. The van der Waals surface area contributed by atoms with Crippen molar-refractivity contribution in [2.24, 2.45) is 5.92 Å². The van der Waals surface area contributed by atoms with Crippen molar-refractivity contribution in [3.63, 3.8) is 0 Å². The number of carbonyl (C=O) groups is 1. The normalized spacial score (nSPS) is 36.1. The van der Waals surface area contributed by atoms with Crippen molar-refractivity contribution in [2.45, 2.75) is 50.0 Å². The van der Waals surface area contributed by atoms with Crippen LogP contribution in [0.2, 0.25) is 0 Å². The first-order chi connectivity index (χ1) is 11.6. The second kappa shape index (κ2) is 8.23. The number of hydrogen-bond acceptors (Lipinski definition) is 6. The lowest BCUT2D eigenvalue weighted by atomic mass is 9.95. The molecule has 4 nitrogen and oxygen atoms in total. The van der Waals surface area contributed by atoms with E-state index in [1.165, 1.54) is 11.8 Å². The second-order valence-corrected chi connectivity index (χ2v) is 8.84. The number of rotatable bonds is 4. The highest BCUT2D eigenvalue weighted by atomic mass is 32.2. The van der Waals surface area contributed by atoms with E-state index in [1.807, 2.05) is 30.3 Å². The van der Waals surface area contributed by atoms with Crippen molar-refractivity contribution >= 4 is 28.6 Å². The molecule has 0 bridgehead atoms. The van der Waals surface area contributed by atoms with Gasteiger partial charge in [-0.25, -0.2) is 0 Å². The van der Waals surface area contributed by atoms with E-state index in [0.717, 1.165) is 11.3 Å². The summed E-state index contributed by atoms with van der Waals surface area (Å²) in [7, 11) is 0. The monoisotopic (exact) mass is 368 g/mol. The number of thioether (sulfide) groups is 2. The Bertz CT molecular complexity index is 553. The number of hydrogen-bond donors (Lipinski definition) is 0. The highest BCUT2D eigenvalue weighted by Gasteiger charge is 2.48. The number of benzene rings is 1. The molecule has 2 saturated heterocycles. The molecular formula is C18H24O4S2. The van der Waals surface area contributed by atoms with Gasteiger partial charge in [-0.1, -0.05) is 55.9 Å². The molecule has 6 atom stereocenters. The van der Waals surface area contributed by atoms with E-state index in [9.17, 15) is 4.79 Å². The van der Waals surface area contributed by atoms with Crippen LogP contribution in [-0.2, 0) is 19.0 Å². The highest BCUT2D eigenvalue weighted by molar-refractivity contribution is 8.14. The van der Waals surface area contributed by atoms with E-state index >= 15 is 0 Å². The van der Waals surface area contributed by atoms with E-state index in [2.05, 4.69) is 13.8 Å². The quantitative estimate of drug-likeness (QED) is 0.804. The molecule has 2 aliphatic heterocycles. The minimum Gasteiger partial charge on any atom is -0.359 e. The fourth-order valence-corrected chi connectivity index (χ4v) is 5.45. The Balaban J connectivity index is 1.79. The maximum Gasteiger partial charge on any atom is 0.186 e. The minimum absolute atomic E-state index is 0.0774. The molecule has 2 fully saturated rings. The summed E-state index contributed by atoms with van der Waals surface area (Å²) in [6.45, 7) is 6.39. The summed E-state index contributed by atoms with van der Waals surface area (Å²) in [5.41, 5.74) is 1.08. The van der Waals surface area contributed by atoms with Crippen LogP contribution in [0, 0.1) is 5.92 Å². The zero-order valence-electron chi connectivity index (χ0n) is 14.2. The summed E-state index contributed by atoms with van der Waals surface area (Å²) in [5.74, 6) is 1.22. The van der Waals surface area contributed by atoms with Crippen LogP contribution in [0.3, 0.4) is 0 Å². The fraction of sp³-hybridized carbons (Fsp3) is 0.611. The topological polar surface area (TPSA) is 44.8 Å². The van der Waals surface area contributed by atoms with Crippen LogP contribution in [0.25, 0.3) is 0 Å². The molecule has 0 aromatic heterocycles. The number of ether oxygens (including phenoxy) is 3. The summed E-state index contributed by atoms with van der Waals surface area (Å²) in [4.78, 5) is 11.8. The molecule has 3 unspecified atom stereocenters. The molecule has 0 aliphatic carbocycles. The van der Waals surface area contributed by atoms with Crippen LogP contribution in [-0.4, -0.2) is 40.4 Å². The third kappa shape index (κ3) is 3.99. The van der Waals surface area contributed by atoms with E-state index < -0.39 is 6.29 Å². The van der Waals surface area contributed by atoms with Crippen LogP contribution < -0.4 is 0 Å². The zero-order chi connectivity index (χ0) is 17.1. The van der Waals surface area contributed by atoms with Gasteiger partial charge in [0.2, 0.25) is 0 Å². The van der Waals surface area contributed by atoms with Gasteiger partial charge in [-0.2, -0.15) is 0 Å². The van der Waals surface area contributed by atoms with Crippen molar-refractivity contribution in [3.8, 4) is 0 Å². The van der Waals surface area contributed by atoms with Crippen LogP contribution >= 0.6 is 23.5 Å². The molecule has 0 amide bonds. The van der Waals surface area contributed by atoms with E-state index in [0.29, 0.717) is 6.61 Å². The first-order valence-corrected chi connectivity index (χ1v) is 10.3. The Morgan fingerprint density at radius 1 is 1.25 bits per heavy atom. The molecule has 6 heteroatoms. The molecule has 1 aromatic rings. The largest absolute Gasteiger partial charge is 0.359 e. The molecule has 1 aromatic carbocycles. The van der Waals surface area contributed by atoms with Crippen molar-refractivity contribution in [2.75, 3.05) is 12.4 Å². The summed E-state index contributed by atoms with van der Waals surface area (Å²) >= 11 is 3.17. The summed E-state index contributed by atoms with van der Waals surface area (Å²) in [6.07, 6.45) is -0.655. The second-order valence-electron chi connectivity index (χ2n) is 6.11. The van der Waals surface area contributed by atoms with Gasteiger partial charge in [0.1, 0.15) is 17.6 Å². The van der Waals surface area contributed by atoms with Crippen molar-refractivity contribution in [1.82, 2.24) is 0 Å². The third-order valence-electron chi connectivity index (χ3n) is 4.34. The average molecular weight is 369 g/mol. The van der Waals surface area contributed by atoms with Crippen LogP contribution in [0.15, 0.2) is 30.3 Å². The number of carbonyl (C=O) groups excluding carboxylic acids is 1. The van der Waals surface area contributed by atoms with Crippen LogP contribution in [0.1, 0.15) is 32.6 Å². The summed E-state index contributed by atoms with van der Waals surface area (Å²) in [6, 6.07) is 9.93. The maximum absolute atomic E-state index is 11.8. The van der Waals surface area contributed by atoms with Crippen LogP contribution in [0.4, 0.5) is 0 Å². The van der Waals surface area contributed by atoms with Crippen molar-refractivity contribution in [1.29, 1.82) is 0 Å². The Kier molecular flexibility index (Phi) is 6.27. The van der Waals surface area contributed by atoms with Crippen molar-refractivity contribution in [3.05, 3.63) is 35.9 Å². The molecule has 0 radical (unpaired) electrons. The lowest BCUT2D eigenvalue weighted by Gasteiger charge is -2.48. The molecule has 132 valence electrons. The third-order valence-corrected chi connectivity index (χ3v) is 6.85. The standard InChI is InChI=1S/C18H24O4S2/c1-4-23-18-11(2)16(24-12(3)19)15-14(21-18)10-20-17(22-15)13-8-6-5-7-9-13/h5-9,11,14-18H,4,10H2,1-3H3/t11-,14?,15+,16-,17?,18?/m1/s1. The Morgan fingerprint density at radius 2 is 2.00 bits per heavy atom. The maximum atomic E-state index is 11.8. The predicted molar refractivity (Wildman–Crippen MR) is 98.0 cm³/mol. The van der Waals surface area contributed by atoms with Gasteiger partial charge in [-0.3, -0.25) is 4.79 Å². The van der Waals surface area contributed by atoms with Crippen LogP contribution in [0.5, 0.6) is 0 Å². The van der Waals surface area contributed by atoms with E-state index in [4.69, 9.17) is 14.2 Å². The average Bonchev–Trinajstić information content (AvgIpc) is 2.59. The van der Waals surface area contributed by atoms with Gasteiger partial charge in [0, 0.05) is 23.7 Å². The molecule has 0 saturated carbocycles. The SMILES string of the molecule is CCSC1OC2COC(c3ccccc3)O[C@@H]2[C@H](SC(C)=O)[C@H]1C. The zero-order valence-corrected chi connectivity index (χ0v) is 15.8.